The minimum absolute atomic E-state index is 0. The van der Waals surface area contributed by atoms with Crippen LogP contribution in [0.1, 0.15) is 87.0 Å². The van der Waals surface area contributed by atoms with E-state index >= 15 is 0 Å². The molecule has 0 amide bonds. The van der Waals surface area contributed by atoms with Crippen LogP contribution in [-0.4, -0.2) is 79.6 Å². The largest absolute Gasteiger partial charge is 1.00 e. The van der Waals surface area contributed by atoms with Gasteiger partial charge in [0.1, 0.15) is 0 Å². The monoisotopic (exact) mass is 2490 g/mol. The van der Waals surface area contributed by atoms with Crippen LogP contribution >= 0.6 is 12.6 Å². The zero-order chi connectivity index (χ0) is 42.0. The van der Waals surface area contributed by atoms with Crippen molar-refractivity contribution in [3.63, 3.8) is 0 Å². The minimum atomic E-state index is 0. The van der Waals surface area contributed by atoms with Crippen LogP contribution in [0.15, 0.2) is 30.4 Å². The number of aliphatic hydroxyl groups is 1. The Labute approximate surface area is 461 Å². The number of hydrogen-bond donors (Lipinski definition) is 8. The van der Waals surface area contributed by atoms with Crippen LogP contribution in [0, 0.1) is 32.9 Å². The first kappa shape index (κ1) is 103. The second-order valence-electron chi connectivity index (χ2n) is 6.01. The fourth-order valence-corrected chi connectivity index (χ4v) is 3.76. The van der Waals surface area contributed by atoms with Crippen LogP contribution in [0.25, 0.3) is 0 Å². The van der Waals surface area contributed by atoms with E-state index in [2.05, 4.69) is 62.0 Å². The van der Waals surface area contributed by atoms with Crippen LogP contribution in [-0.2, 0) is 194 Å². The van der Waals surface area contributed by atoms with E-state index in [4.69, 9.17) is 38.0 Å². The molecule has 0 aromatic rings. The van der Waals surface area contributed by atoms with E-state index in [-0.39, 0.29) is 38.6 Å². The van der Waals surface area contributed by atoms with Gasteiger partial charge in [-0.3, -0.25) is 0 Å². The molecule has 0 heterocycles. The molecule has 0 rings (SSSR count). The summed E-state index contributed by atoms with van der Waals surface area (Å²) in [6.07, 6.45) is 7.98. The smallest absolute Gasteiger partial charge is 1.00 e. The molecule has 0 unspecified atom stereocenters. The molecule has 0 bridgehead atoms. The number of aliphatic hydroxyl groups excluding tert-OH is 1. The Kier molecular flexibility index (Phi) is 232. The molecule has 55 heavy (non-hydrogen) atoms. The first-order valence-electron chi connectivity index (χ1n) is 13.4. The minimum Gasteiger partial charge on any atom is 1.00 e. The predicted molar refractivity (Wildman–Crippen MR) is 224 cm³/mol. The first-order chi connectivity index (χ1) is 23.6. The Bertz CT molecular complexity index is 739. The van der Waals surface area contributed by atoms with Gasteiger partial charge in [0, 0.05) is 0 Å². The molecule has 0 aliphatic carbocycles. The van der Waals surface area contributed by atoms with Crippen molar-refractivity contribution in [3.8, 4) is 0 Å². The molecule has 8 N–H and O–H groups in total. The molecule has 18 heteroatoms. The van der Waals surface area contributed by atoms with E-state index in [0.29, 0.717) is 0 Å². The van der Waals surface area contributed by atoms with Crippen molar-refractivity contribution < 1.29 is 200 Å². The van der Waals surface area contributed by atoms with Gasteiger partial charge in [-0.1, -0.05) is 37.1 Å². The normalized spacial score (nSPS) is 6.36. The Morgan fingerprint density at radius 3 is 0.618 bits per heavy atom. The van der Waals surface area contributed by atoms with E-state index in [1.807, 2.05) is 53.1 Å². The van der Waals surface area contributed by atoms with Crippen molar-refractivity contribution in [1.29, 1.82) is 0 Å². The Balaban J connectivity index is -0.0000000229. The fraction of sp³-hybridized carbons (Fsp3) is 0.459. The molecular weight excluding hydrogens is 2410 g/mol. The van der Waals surface area contributed by atoms with Crippen LogP contribution in [0.5, 0.6) is 0 Å². The molecule has 0 aliphatic rings. The molecule has 0 radical (unpaired) electrons. The summed E-state index contributed by atoms with van der Waals surface area (Å²) in [6, 6.07) is 0. The second kappa shape index (κ2) is 124. The third-order valence-corrected chi connectivity index (χ3v) is 7.55. The van der Waals surface area contributed by atoms with Crippen LogP contribution in [0.4, 0.5) is 0 Å². The summed E-state index contributed by atoms with van der Waals surface area (Å²) in [5.41, 5.74) is 4.63. The molecule has 0 aromatic heterocycles. The quantitative estimate of drug-likeness (QED) is 0.0718. The third-order valence-electron chi connectivity index (χ3n) is 2.51. The Morgan fingerprint density at radius 2 is 0.600 bits per heavy atom. The van der Waals surface area contributed by atoms with Gasteiger partial charge < -0.3 is 0 Å². The second-order valence-corrected chi connectivity index (χ2v) is 20.5. The number of thiol groups is 1. The maximum absolute atomic E-state index is 7.36. The van der Waals surface area contributed by atoms with Crippen molar-refractivity contribution in [2.45, 2.75) is 85.6 Å². The van der Waals surface area contributed by atoms with Crippen molar-refractivity contribution >= 4 is 54.4 Å². The molecule has 0 fully saturated rings. The van der Waals surface area contributed by atoms with Crippen molar-refractivity contribution in [2.75, 3.05) is 32.7 Å². The van der Waals surface area contributed by atoms with Gasteiger partial charge in [-0.25, -0.2) is 0 Å². The van der Waals surface area contributed by atoms with E-state index < -0.39 is 0 Å². The van der Waals surface area contributed by atoms with Gasteiger partial charge >= 0.3 is 431 Å². The van der Waals surface area contributed by atoms with Crippen molar-refractivity contribution in [3.05, 3.63) is 63.3 Å². The molecule has 0 aromatic carbocycles. The standard InChI is InChI=1S/5C5H8N.2C2H3.CH2N.CHO.CHS.5CH4.10W/c5*1-3-5-6-4-2;5*1-2;;;;;;;;;;;;;;;/h5*1,3,6H,4H2,2H3;2*1H3;2H2;2*2H;5*1H4;;;;;;;;;;/q10*-1;;;;;;;;;;;;;;;/p+1. The number of nitrogens with one attached hydrogen (secondary N) is 5. The van der Waals surface area contributed by atoms with E-state index in [9.17, 15) is 0 Å². The first-order valence-corrected chi connectivity index (χ1v) is 28.6. The number of nitrogens with two attached hydrogens (primary N) is 1. The zero-order valence-electron chi connectivity index (χ0n) is 30.4. The van der Waals surface area contributed by atoms with Crippen molar-refractivity contribution in [2.24, 2.45) is 5.73 Å². The zero-order valence-corrected chi connectivity index (χ0v) is 59.6. The molecule has 0 aliphatic heterocycles. The van der Waals surface area contributed by atoms with Gasteiger partial charge in [0.15, 0.2) is 0 Å². The average Bonchev–Trinajstić information content (AvgIpc) is 3.08. The third kappa shape index (κ3) is 215. The molecule has 7 nitrogen and oxygen atoms in total. The molecular formula is C37H71N6OSW10-9. The number of rotatable bonds is 15. The summed E-state index contributed by atoms with van der Waals surface area (Å²) in [5, 5.41) is 22.7. The summed E-state index contributed by atoms with van der Waals surface area (Å²) in [7, 11) is 0. The SMILES string of the molecule is C.C.C.C.C.C[C-]=[W].C[C-]=[W].N[C-]=[W].O[C-]=[W].S[C-]=[W].[CH-]=C[C](=[W])NCC.[CH-]=C[C](=[W])NCC.[CH-]=C[C](=[W])NCC.[CH-]=C[C](=[W])NCC.[CH-]=C[C](=[W])NCC.[H+]. The molecule has 330 valence electrons. The molecule has 0 spiro atoms. The number of likely N-dealkylation sites (N-methyl/N-ethyl adjacent to an activating group) is 5. The van der Waals surface area contributed by atoms with Gasteiger partial charge in [0.2, 0.25) is 0 Å². The maximum Gasteiger partial charge on any atom is 1.00 e. The Morgan fingerprint density at radius 1 is 0.527 bits per heavy atom. The summed E-state index contributed by atoms with van der Waals surface area (Å²) in [5.74, 6) is 0. The summed E-state index contributed by atoms with van der Waals surface area (Å²) in [4.78, 5) is 0. The van der Waals surface area contributed by atoms with Crippen LogP contribution < -0.4 is 32.3 Å². The summed E-state index contributed by atoms with van der Waals surface area (Å²) in [6.45, 7) is 44.7. The van der Waals surface area contributed by atoms with E-state index in [1.165, 1.54) is 174 Å². The van der Waals surface area contributed by atoms with Crippen molar-refractivity contribution in [1.82, 2.24) is 26.6 Å². The topological polar surface area (TPSA) is 106 Å². The van der Waals surface area contributed by atoms with Crippen LogP contribution in [0.2, 0.25) is 0 Å². The van der Waals surface area contributed by atoms with Gasteiger partial charge in [-0.15, -0.1) is 0 Å². The van der Waals surface area contributed by atoms with Gasteiger partial charge in [0.05, 0.1) is 0 Å². The maximum atomic E-state index is 7.36. The molecule has 0 atom stereocenters. The average molecular weight is 2490 g/mol. The van der Waals surface area contributed by atoms with E-state index in [0.717, 1.165) is 72.2 Å². The summed E-state index contributed by atoms with van der Waals surface area (Å²) >= 11 is 16.8. The molecule has 0 saturated heterocycles. The predicted octanol–water partition coefficient (Wildman–Crippen LogP) is 3.84. The van der Waals surface area contributed by atoms with Gasteiger partial charge in [-0.2, -0.15) is 0 Å². The summed E-state index contributed by atoms with van der Waals surface area (Å²) < 4.78 is 17.9. The fourth-order valence-electron chi connectivity index (χ4n) is 1.17. The van der Waals surface area contributed by atoms with Gasteiger partial charge in [0.25, 0.3) is 0 Å². The number of hydrogen-bond acceptors (Lipinski definition) is 8. The van der Waals surface area contributed by atoms with Crippen LogP contribution in [0.3, 0.4) is 0 Å². The molecule has 0 saturated carbocycles. The van der Waals surface area contributed by atoms with Gasteiger partial charge in [-0.05, 0) is 0 Å². The Hall–Kier alpha value is 4.35. The van der Waals surface area contributed by atoms with E-state index in [1.54, 1.807) is 30.4 Å².